The van der Waals surface area contributed by atoms with Crippen molar-refractivity contribution in [2.75, 3.05) is 0 Å². The average molecular weight is 282 g/mol. The second kappa shape index (κ2) is 7.00. The minimum atomic E-state index is -0.977. The molecule has 0 heterocycles. The number of benzene rings is 2. The maximum Gasteiger partial charge on any atom is 0.335 e. The maximum atomic E-state index is 11.6. The molecular weight excluding hydrogens is 268 g/mol. The van der Waals surface area contributed by atoms with Gasteiger partial charge in [-0.2, -0.15) is 5.10 Å². The van der Waals surface area contributed by atoms with Gasteiger partial charge in [0.2, 0.25) is 5.91 Å². The molecule has 0 aliphatic heterocycles. The summed E-state index contributed by atoms with van der Waals surface area (Å²) in [5.41, 5.74) is 4.26. The Kier molecular flexibility index (Phi) is 4.82. The van der Waals surface area contributed by atoms with Crippen molar-refractivity contribution in [3.63, 3.8) is 0 Å². The van der Waals surface area contributed by atoms with E-state index in [2.05, 4.69) is 10.5 Å². The molecule has 0 atom stereocenters. The van der Waals surface area contributed by atoms with E-state index in [4.69, 9.17) is 5.11 Å². The molecule has 5 nitrogen and oxygen atoms in total. The molecular formula is C16H14N2O3. The smallest absolute Gasteiger partial charge is 0.335 e. The summed E-state index contributed by atoms with van der Waals surface area (Å²) < 4.78 is 0. The minimum Gasteiger partial charge on any atom is -0.478 e. The standard InChI is InChI=1S/C16H14N2O3/c19-15(10-12-4-2-1-3-5-12)18-17-11-13-6-8-14(9-7-13)16(20)21/h1-9,11H,10H2,(H,18,19)(H,20,21)/b17-11-. The number of carboxylic acid groups (broad SMARTS) is 1. The number of nitrogens with one attached hydrogen (secondary N) is 1. The molecule has 0 spiro atoms. The van der Waals surface area contributed by atoms with Crippen LogP contribution in [0.25, 0.3) is 0 Å². The van der Waals surface area contributed by atoms with E-state index in [0.29, 0.717) is 5.56 Å². The molecule has 0 saturated heterocycles. The summed E-state index contributed by atoms with van der Waals surface area (Å²) in [6.45, 7) is 0. The molecule has 0 aliphatic carbocycles. The van der Waals surface area contributed by atoms with Crippen LogP contribution in [0.2, 0.25) is 0 Å². The fraction of sp³-hybridized carbons (Fsp3) is 0.0625. The highest BCUT2D eigenvalue weighted by Gasteiger charge is 2.02. The van der Waals surface area contributed by atoms with E-state index in [1.807, 2.05) is 30.3 Å². The molecule has 0 fully saturated rings. The van der Waals surface area contributed by atoms with Crippen LogP contribution in [0.4, 0.5) is 0 Å². The van der Waals surface area contributed by atoms with Crippen molar-refractivity contribution in [1.82, 2.24) is 5.43 Å². The number of carbonyl (C=O) groups excluding carboxylic acids is 1. The number of amides is 1. The zero-order valence-electron chi connectivity index (χ0n) is 11.2. The number of hydrogen-bond acceptors (Lipinski definition) is 3. The Hall–Kier alpha value is -2.95. The largest absolute Gasteiger partial charge is 0.478 e. The molecule has 1 amide bonds. The van der Waals surface area contributed by atoms with Crippen LogP contribution in [0.1, 0.15) is 21.5 Å². The van der Waals surface area contributed by atoms with E-state index in [0.717, 1.165) is 5.56 Å². The molecule has 106 valence electrons. The van der Waals surface area contributed by atoms with E-state index in [-0.39, 0.29) is 17.9 Å². The molecule has 0 bridgehead atoms. The zero-order chi connectivity index (χ0) is 15.1. The summed E-state index contributed by atoms with van der Waals surface area (Å²) in [6, 6.07) is 15.6. The van der Waals surface area contributed by atoms with Gasteiger partial charge in [-0.25, -0.2) is 10.2 Å². The number of nitrogens with zero attached hydrogens (tertiary/aromatic N) is 1. The Morgan fingerprint density at radius 1 is 1.05 bits per heavy atom. The molecule has 2 aromatic rings. The minimum absolute atomic E-state index is 0.209. The number of rotatable bonds is 5. The van der Waals surface area contributed by atoms with Crippen LogP contribution in [-0.4, -0.2) is 23.2 Å². The quantitative estimate of drug-likeness (QED) is 0.651. The van der Waals surface area contributed by atoms with E-state index < -0.39 is 5.97 Å². The third-order valence-corrected chi connectivity index (χ3v) is 2.77. The summed E-state index contributed by atoms with van der Waals surface area (Å²) in [5, 5.41) is 12.6. The number of carboxylic acids is 1. The molecule has 21 heavy (non-hydrogen) atoms. The van der Waals surface area contributed by atoms with Gasteiger partial charge in [0.15, 0.2) is 0 Å². The lowest BCUT2D eigenvalue weighted by Gasteiger charge is -2.00. The molecule has 5 heteroatoms. The topological polar surface area (TPSA) is 78.8 Å². The van der Waals surface area contributed by atoms with Crippen LogP contribution >= 0.6 is 0 Å². The fourth-order valence-electron chi connectivity index (χ4n) is 1.71. The van der Waals surface area contributed by atoms with Crippen molar-refractivity contribution in [3.8, 4) is 0 Å². The second-order valence-corrected chi connectivity index (χ2v) is 4.38. The summed E-state index contributed by atoms with van der Waals surface area (Å²) in [4.78, 5) is 22.3. The lowest BCUT2D eigenvalue weighted by atomic mass is 10.1. The van der Waals surface area contributed by atoms with Gasteiger partial charge < -0.3 is 5.11 Å². The van der Waals surface area contributed by atoms with Crippen molar-refractivity contribution in [2.24, 2.45) is 5.10 Å². The SMILES string of the molecule is O=C(Cc1ccccc1)N/N=C\c1ccc(C(=O)O)cc1. The van der Waals surface area contributed by atoms with Crippen molar-refractivity contribution >= 4 is 18.1 Å². The van der Waals surface area contributed by atoms with E-state index >= 15 is 0 Å². The first-order valence-corrected chi connectivity index (χ1v) is 6.34. The van der Waals surface area contributed by atoms with E-state index in [1.54, 1.807) is 12.1 Å². The number of hydrazone groups is 1. The average Bonchev–Trinajstić information content (AvgIpc) is 2.49. The van der Waals surface area contributed by atoms with Crippen molar-refractivity contribution < 1.29 is 14.7 Å². The van der Waals surface area contributed by atoms with Gasteiger partial charge in [0, 0.05) is 0 Å². The predicted octanol–water partition coefficient (Wildman–Crippen LogP) is 2.08. The van der Waals surface area contributed by atoms with Crippen LogP contribution in [0.15, 0.2) is 59.7 Å². The normalized spacial score (nSPS) is 10.5. The van der Waals surface area contributed by atoms with Gasteiger partial charge in [0.1, 0.15) is 0 Å². The highest BCUT2D eigenvalue weighted by atomic mass is 16.4. The highest BCUT2D eigenvalue weighted by Crippen LogP contribution is 2.02. The van der Waals surface area contributed by atoms with Crippen LogP contribution < -0.4 is 5.43 Å². The van der Waals surface area contributed by atoms with Gasteiger partial charge in [0.25, 0.3) is 0 Å². The highest BCUT2D eigenvalue weighted by molar-refractivity contribution is 5.89. The first kappa shape index (κ1) is 14.5. The first-order chi connectivity index (χ1) is 10.1. The van der Waals surface area contributed by atoms with Gasteiger partial charge in [-0.3, -0.25) is 4.79 Å². The van der Waals surface area contributed by atoms with Gasteiger partial charge in [0.05, 0.1) is 18.2 Å². The van der Waals surface area contributed by atoms with Crippen LogP contribution in [0.5, 0.6) is 0 Å². The zero-order valence-corrected chi connectivity index (χ0v) is 11.2. The van der Waals surface area contributed by atoms with Gasteiger partial charge in [-0.05, 0) is 23.3 Å². The van der Waals surface area contributed by atoms with E-state index in [9.17, 15) is 9.59 Å². The maximum absolute atomic E-state index is 11.6. The van der Waals surface area contributed by atoms with Crippen LogP contribution in [-0.2, 0) is 11.2 Å². The number of aromatic carboxylic acids is 1. The monoisotopic (exact) mass is 282 g/mol. The molecule has 0 aromatic heterocycles. The molecule has 2 N–H and O–H groups in total. The summed E-state index contributed by atoms with van der Waals surface area (Å²) in [7, 11) is 0. The number of hydrogen-bond donors (Lipinski definition) is 2. The van der Waals surface area contributed by atoms with Crippen LogP contribution in [0, 0.1) is 0 Å². The molecule has 2 aromatic carbocycles. The molecule has 0 unspecified atom stereocenters. The predicted molar refractivity (Wildman–Crippen MR) is 79.3 cm³/mol. The Labute approximate surface area is 121 Å². The van der Waals surface area contributed by atoms with Crippen LogP contribution in [0.3, 0.4) is 0 Å². The Bertz CT molecular complexity index is 649. The Balaban J connectivity index is 1.87. The third-order valence-electron chi connectivity index (χ3n) is 2.77. The van der Waals surface area contributed by atoms with Crippen molar-refractivity contribution in [1.29, 1.82) is 0 Å². The summed E-state index contributed by atoms with van der Waals surface area (Å²) in [5.74, 6) is -1.19. The third kappa shape index (κ3) is 4.58. The molecule has 2 rings (SSSR count). The van der Waals surface area contributed by atoms with Gasteiger partial charge in [-0.15, -0.1) is 0 Å². The van der Waals surface area contributed by atoms with Crippen molar-refractivity contribution in [3.05, 3.63) is 71.3 Å². The Morgan fingerprint density at radius 2 is 1.71 bits per heavy atom. The molecule has 0 radical (unpaired) electrons. The summed E-state index contributed by atoms with van der Waals surface area (Å²) >= 11 is 0. The fourth-order valence-corrected chi connectivity index (χ4v) is 1.71. The Morgan fingerprint density at radius 3 is 2.33 bits per heavy atom. The lowest BCUT2D eigenvalue weighted by Crippen LogP contribution is -2.19. The van der Waals surface area contributed by atoms with Gasteiger partial charge in [-0.1, -0.05) is 42.5 Å². The second-order valence-electron chi connectivity index (χ2n) is 4.38. The molecule has 0 aliphatic rings. The first-order valence-electron chi connectivity index (χ1n) is 6.34. The van der Waals surface area contributed by atoms with Gasteiger partial charge >= 0.3 is 5.97 Å². The van der Waals surface area contributed by atoms with Crippen molar-refractivity contribution in [2.45, 2.75) is 6.42 Å². The lowest BCUT2D eigenvalue weighted by molar-refractivity contribution is -0.120. The van der Waals surface area contributed by atoms with E-state index in [1.165, 1.54) is 18.3 Å². The molecule has 0 saturated carbocycles. The number of carbonyl (C=O) groups is 2. The summed E-state index contributed by atoms with van der Waals surface area (Å²) in [6.07, 6.45) is 1.73.